The van der Waals surface area contributed by atoms with E-state index in [0.717, 1.165) is 23.7 Å². The smallest absolute Gasteiger partial charge is 0.133 e. The molecule has 0 amide bonds. The molecule has 1 atom stereocenters. The molecule has 3 aromatic rings. The number of fused-ring (bicyclic) bond motifs is 1. The Morgan fingerprint density at radius 1 is 1.15 bits per heavy atom. The molecular weight excluding hydrogens is 358 g/mol. The minimum atomic E-state index is -1.64. The fourth-order valence-electron chi connectivity index (χ4n) is 2.83. The predicted octanol–water partition coefficient (Wildman–Crippen LogP) is 3.54. The Hall–Kier alpha value is -2.70. The lowest BCUT2D eigenvalue weighted by molar-refractivity contribution is 0.310. The summed E-state index contributed by atoms with van der Waals surface area (Å²) in [6.45, 7) is 1.42. The quantitative estimate of drug-likeness (QED) is 0.253. The first kappa shape index (κ1) is 19.1. The monoisotopic (exact) mass is 381 g/mol. The van der Waals surface area contributed by atoms with Gasteiger partial charge in [0.1, 0.15) is 21.6 Å². The lowest BCUT2D eigenvalue weighted by Gasteiger charge is -2.12. The van der Waals surface area contributed by atoms with E-state index in [1.807, 2.05) is 43.4 Å². The van der Waals surface area contributed by atoms with Gasteiger partial charge in [0.2, 0.25) is 0 Å². The first-order valence-electron chi connectivity index (χ1n) is 8.77. The number of nitrogens with one attached hydrogen (secondary N) is 2. The van der Waals surface area contributed by atoms with Crippen LogP contribution in [0.1, 0.15) is 12.0 Å². The number of benzene rings is 3. The normalized spacial score (nSPS) is 12.0. The molecule has 6 heteroatoms. The summed E-state index contributed by atoms with van der Waals surface area (Å²) in [6, 6.07) is 18.5. The molecule has 0 aliphatic rings. The molecule has 1 unspecified atom stereocenters. The lowest BCUT2D eigenvalue weighted by atomic mass is 10.1. The number of ether oxygens (including phenoxy) is 1. The topological polar surface area (TPSA) is 88.2 Å². The zero-order valence-electron chi connectivity index (χ0n) is 15.2. The first-order valence-corrected chi connectivity index (χ1v) is 9.92. The number of hydrogen-bond donors (Lipinski definition) is 3. The largest absolute Gasteiger partial charge is 0.494 e. The van der Waals surface area contributed by atoms with Crippen LogP contribution >= 0.6 is 0 Å². The summed E-state index contributed by atoms with van der Waals surface area (Å²) < 4.78 is 18.8. The predicted molar refractivity (Wildman–Crippen MR) is 112 cm³/mol. The summed E-state index contributed by atoms with van der Waals surface area (Å²) in [7, 11) is 0.251. The van der Waals surface area contributed by atoms with Crippen LogP contribution in [0.15, 0.2) is 65.6 Å². The van der Waals surface area contributed by atoms with Crippen molar-refractivity contribution in [2.24, 2.45) is 0 Å². The molecule has 0 aliphatic heterocycles. The zero-order chi connectivity index (χ0) is 19.2. The van der Waals surface area contributed by atoms with E-state index in [1.165, 1.54) is 0 Å². The van der Waals surface area contributed by atoms with Crippen molar-refractivity contribution < 1.29 is 8.95 Å². The van der Waals surface area contributed by atoms with Gasteiger partial charge >= 0.3 is 0 Å². The van der Waals surface area contributed by atoms with Crippen LogP contribution in [0.2, 0.25) is 0 Å². The van der Waals surface area contributed by atoms with E-state index >= 15 is 0 Å². The molecule has 3 aromatic carbocycles. The van der Waals surface area contributed by atoms with Crippen molar-refractivity contribution in [2.45, 2.75) is 11.3 Å². The van der Waals surface area contributed by atoms with Crippen LogP contribution in [0.4, 0.5) is 5.69 Å². The van der Waals surface area contributed by atoms with E-state index in [-0.39, 0.29) is 5.04 Å². The SMILES string of the molecule is CNCCCOc1ccc(N)c(C(=N)S(=O)c2cccc3ccccc23)c1. The maximum absolute atomic E-state index is 13.1. The van der Waals surface area contributed by atoms with Gasteiger partial charge in [-0.15, -0.1) is 0 Å². The Kier molecular flexibility index (Phi) is 6.21. The van der Waals surface area contributed by atoms with Gasteiger partial charge in [0.05, 0.1) is 11.5 Å². The minimum absolute atomic E-state index is 0.0236. The van der Waals surface area contributed by atoms with Crippen molar-refractivity contribution in [1.29, 1.82) is 5.41 Å². The standard InChI is InChI=1S/C21H23N3O2S/c1-24-12-5-13-26-16-10-11-19(22)18(14-16)21(23)27(25)20-9-4-7-15-6-2-3-8-17(15)20/h2-4,6-11,14,23-24H,5,12-13,22H2,1H3. The van der Waals surface area contributed by atoms with Gasteiger partial charge < -0.3 is 15.8 Å². The summed E-state index contributed by atoms with van der Waals surface area (Å²) in [5.41, 5.74) is 6.90. The average Bonchev–Trinajstić information content (AvgIpc) is 2.71. The second-order valence-corrected chi connectivity index (χ2v) is 7.52. The van der Waals surface area contributed by atoms with E-state index in [0.29, 0.717) is 28.5 Å². The van der Waals surface area contributed by atoms with Crippen molar-refractivity contribution in [2.75, 3.05) is 25.9 Å². The van der Waals surface area contributed by atoms with Crippen LogP contribution in [-0.4, -0.2) is 29.5 Å². The van der Waals surface area contributed by atoms with Crippen molar-refractivity contribution in [3.05, 3.63) is 66.2 Å². The Bertz CT molecular complexity index is 983. The maximum Gasteiger partial charge on any atom is 0.133 e. The van der Waals surface area contributed by atoms with Crippen LogP contribution in [-0.2, 0) is 10.8 Å². The molecule has 0 heterocycles. The lowest BCUT2D eigenvalue weighted by Crippen LogP contribution is -2.13. The second-order valence-electron chi connectivity index (χ2n) is 6.13. The van der Waals surface area contributed by atoms with Crippen LogP contribution < -0.4 is 15.8 Å². The fraction of sp³-hybridized carbons (Fsp3) is 0.190. The molecule has 0 fully saturated rings. The summed E-state index contributed by atoms with van der Waals surface area (Å²) >= 11 is 0. The van der Waals surface area contributed by atoms with Gasteiger partial charge in [0.15, 0.2) is 0 Å². The molecule has 0 aliphatic carbocycles. The van der Waals surface area contributed by atoms with Crippen molar-refractivity contribution in [3.8, 4) is 5.75 Å². The minimum Gasteiger partial charge on any atom is -0.494 e. The van der Waals surface area contributed by atoms with Gasteiger partial charge in [0, 0.05) is 11.3 Å². The van der Waals surface area contributed by atoms with E-state index in [1.54, 1.807) is 24.3 Å². The zero-order valence-corrected chi connectivity index (χ0v) is 16.0. The molecule has 140 valence electrons. The highest BCUT2D eigenvalue weighted by Gasteiger charge is 2.18. The summed E-state index contributed by atoms with van der Waals surface area (Å²) in [5, 5.41) is 13.4. The van der Waals surface area contributed by atoms with Crippen molar-refractivity contribution in [3.63, 3.8) is 0 Å². The van der Waals surface area contributed by atoms with Crippen molar-refractivity contribution >= 4 is 32.3 Å². The highest BCUT2D eigenvalue weighted by atomic mass is 32.2. The summed E-state index contributed by atoms with van der Waals surface area (Å²) in [5.74, 6) is 0.620. The Morgan fingerprint density at radius 3 is 2.74 bits per heavy atom. The Labute approximate surface area is 161 Å². The Morgan fingerprint density at radius 2 is 1.93 bits per heavy atom. The molecule has 0 bridgehead atoms. The van der Waals surface area contributed by atoms with Crippen LogP contribution in [0.25, 0.3) is 10.8 Å². The third-order valence-corrected chi connectivity index (χ3v) is 5.59. The highest BCUT2D eigenvalue weighted by molar-refractivity contribution is 8.01. The first-order chi connectivity index (χ1) is 13.1. The number of rotatable bonds is 7. The van der Waals surface area contributed by atoms with Gasteiger partial charge in [-0.25, -0.2) is 4.21 Å². The molecule has 0 saturated heterocycles. The van der Waals surface area contributed by atoms with E-state index in [9.17, 15) is 4.21 Å². The average molecular weight is 382 g/mol. The van der Waals surface area contributed by atoms with Crippen LogP contribution in [0, 0.1) is 5.41 Å². The molecule has 0 aromatic heterocycles. The molecule has 5 nitrogen and oxygen atoms in total. The van der Waals surface area contributed by atoms with Gasteiger partial charge in [-0.2, -0.15) is 0 Å². The molecule has 0 radical (unpaired) electrons. The number of anilines is 1. The second kappa shape index (κ2) is 8.79. The molecule has 3 rings (SSSR count). The molecular formula is C21H23N3O2S. The molecule has 0 saturated carbocycles. The summed E-state index contributed by atoms with van der Waals surface area (Å²) in [4.78, 5) is 0.609. The maximum atomic E-state index is 13.1. The molecule has 27 heavy (non-hydrogen) atoms. The third-order valence-electron chi connectivity index (χ3n) is 4.24. The van der Waals surface area contributed by atoms with E-state index in [4.69, 9.17) is 15.9 Å². The highest BCUT2D eigenvalue weighted by Crippen LogP contribution is 2.26. The fourth-order valence-corrected chi connectivity index (χ4v) is 4.01. The number of hydrogen-bond acceptors (Lipinski definition) is 5. The molecule has 4 N–H and O–H groups in total. The van der Waals surface area contributed by atoms with Gasteiger partial charge in [-0.05, 0) is 55.1 Å². The summed E-state index contributed by atoms with van der Waals surface area (Å²) in [6.07, 6.45) is 0.871. The van der Waals surface area contributed by atoms with Crippen LogP contribution in [0.3, 0.4) is 0 Å². The van der Waals surface area contributed by atoms with Crippen LogP contribution in [0.5, 0.6) is 5.75 Å². The van der Waals surface area contributed by atoms with Gasteiger partial charge in [-0.3, -0.25) is 5.41 Å². The van der Waals surface area contributed by atoms with E-state index in [2.05, 4.69) is 5.32 Å². The number of nitrogen functional groups attached to an aromatic ring is 1. The number of nitrogens with two attached hydrogens (primary N) is 1. The Balaban J connectivity index is 1.87. The van der Waals surface area contributed by atoms with Gasteiger partial charge in [0.25, 0.3) is 0 Å². The van der Waals surface area contributed by atoms with E-state index < -0.39 is 10.8 Å². The van der Waals surface area contributed by atoms with Gasteiger partial charge in [-0.1, -0.05) is 36.4 Å². The molecule has 0 spiro atoms. The third kappa shape index (κ3) is 4.35. The van der Waals surface area contributed by atoms with Crippen molar-refractivity contribution in [1.82, 2.24) is 5.32 Å².